The van der Waals surface area contributed by atoms with Crippen LogP contribution in [-0.4, -0.2) is 29.2 Å². The fourth-order valence-corrected chi connectivity index (χ4v) is 3.08. The van der Waals surface area contributed by atoms with Crippen molar-refractivity contribution in [1.29, 1.82) is 0 Å². The molecular formula is C20H15Cl2N3O5. The van der Waals surface area contributed by atoms with Crippen LogP contribution in [0.5, 0.6) is 11.6 Å². The minimum absolute atomic E-state index is 0.0692. The molecule has 0 atom stereocenters. The van der Waals surface area contributed by atoms with Crippen LogP contribution in [0.15, 0.2) is 53.3 Å². The molecule has 1 amide bonds. The Morgan fingerprint density at radius 3 is 2.40 bits per heavy atom. The Morgan fingerprint density at radius 1 is 1.10 bits per heavy atom. The molecule has 0 radical (unpaired) electrons. The van der Waals surface area contributed by atoms with E-state index in [-0.39, 0.29) is 32.9 Å². The van der Waals surface area contributed by atoms with E-state index in [0.29, 0.717) is 11.1 Å². The van der Waals surface area contributed by atoms with Crippen molar-refractivity contribution in [3.63, 3.8) is 0 Å². The second kappa shape index (κ2) is 9.43. The summed E-state index contributed by atoms with van der Waals surface area (Å²) in [5, 5.41) is 8.89. The number of rotatable bonds is 6. The second-order valence-corrected chi connectivity index (χ2v) is 6.80. The molecular weight excluding hydrogens is 433 g/mol. The molecule has 154 valence electrons. The van der Waals surface area contributed by atoms with Gasteiger partial charge in [-0.15, -0.1) is 5.10 Å². The quantitative estimate of drug-likeness (QED) is 0.435. The van der Waals surface area contributed by atoms with E-state index in [4.69, 9.17) is 27.9 Å². The lowest BCUT2D eigenvalue weighted by Crippen LogP contribution is -2.17. The summed E-state index contributed by atoms with van der Waals surface area (Å²) >= 11 is 12.5. The van der Waals surface area contributed by atoms with Gasteiger partial charge in [-0.05, 0) is 17.7 Å². The summed E-state index contributed by atoms with van der Waals surface area (Å²) in [5.74, 6) is -1.11. The summed E-state index contributed by atoms with van der Waals surface area (Å²) in [6.07, 6.45) is -0.451. The first-order chi connectivity index (χ1) is 14.4. The largest absolute Gasteiger partial charge is 0.469 e. The summed E-state index contributed by atoms with van der Waals surface area (Å²) in [5.41, 5.74) is 0.937. The highest BCUT2D eigenvalue weighted by Gasteiger charge is 2.16. The van der Waals surface area contributed by atoms with Crippen LogP contribution in [0.25, 0.3) is 11.1 Å². The third-order valence-electron chi connectivity index (χ3n) is 3.89. The minimum Gasteiger partial charge on any atom is -0.469 e. The number of nitrogens with zero attached hydrogens (tertiary/aromatic N) is 1. The molecule has 3 rings (SSSR count). The third-order valence-corrected chi connectivity index (χ3v) is 4.45. The molecule has 0 fully saturated rings. The van der Waals surface area contributed by atoms with Gasteiger partial charge in [0.1, 0.15) is 6.42 Å². The highest BCUT2D eigenvalue weighted by atomic mass is 35.5. The van der Waals surface area contributed by atoms with Gasteiger partial charge in [-0.25, -0.2) is 5.10 Å². The lowest BCUT2D eigenvalue weighted by atomic mass is 10.1. The second-order valence-electron chi connectivity index (χ2n) is 5.99. The molecule has 1 aromatic heterocycles. The van der Waals surface area contributed by atoms with Crippen molar-refractivity contribution in [2.45, 2.75) is 6.42 Å². The maximum absolute atomic E-state index is 12.1. The van der Waals surface area contributed by atoms with E-state index in [1.54, 1.807) is 24.3 Å². The summed E-state index contributed by atoms with van der Waals surface area (Å²) in [6, 6.07) is 13.3. The average molecular weight is 448 g/mol. The molecule has 0 unspecified atom stereocenters. The van der Waals surface area contributed by atoms with Crippen LogP contribution in [0.4, 0.5) is 5.69 Å². The van der Waals surface area contributed by atoms with Crippen molar-refractivity contribution in [2.24, 2.45) is 0 Å². The van der Waals surface area contributed by atoms with Gasteiger partial charge in [0, 0.05) is 11.8 Å². The Balaban J connectivity index is 1.83. The predicted octanol–water partition coefficient (Wildman–Crippen LogP) is 4.04. The molecule has 0 saturated heterocycles. The van der Waals surface area contributed by atoms with Crippen molar-refractivity contribution in [3.05, 3.63) is 68.9 Å². The normalized spacial score (nSPS) is 10.4. The van der Waals surface area contributed by atoms with E-state index in [1.165, 1.54) is 25.3 Å². The molecule has 0 bridgehead atoms. The van der Waals surface area contributed by atoms with Crippen LogP contribution in [0, 0.1) is 0 Å². The number of anilines is 1. The number of carbonyl (C=O) groups is 2. The van der Waals surface area contributed by atoms with Crippen molar-refractivity contribution >= 4 is 40.8 Å². The smallest absolute Gasteiger partial charge is 0.315 e. The molecule has 30 heavy (non-hydrogen) atoms. The number of halogens is 2. The minimum atomic E-state index is -0.678. The van der Waals surface area contributed by atoms with Gasteiger partial charge in [0.2, 0.25) is 11.8 Å². The topological polar surface area (TPSA) is 110 Å². The van der Waals surface area contributed by atoms with Crippen LogP contribution in [-0.2, 0) is 14.3 Å². The van der Waals surface area contributed by atoms with Gasteiger partial charge in [-0.3, -0.25) is 14.4 Å². The number of H-pyrrole nitrogens is 1. The summed E-state index contributed by atoms with van der Waals surface area (Å²) in [7, 11) is 1.18. The van der Waals surface area contributed by atoms with E-state index >= 15 is 0 Å². The van der Waals surface area contributed by atoms with Crippen molar-refractivity contribution in [2.75, 3.05) is 12.4 Å². The molecule has 0 aliphatic heterocycles. The van der Waals surface area contributed by atoms with Crippen molar-refractivity contribution in [1.82, 2.24) is 10.2 Å². The number of benzene rings is 2. The van der Waals surface area contributed by atoms with Crippen LogP contribution in [0.1, 0.15) is 6.42 Å². The highest BCUT2D eigenvalue weighted by Crippen LogP contribution is 2.38. The number of hydrogen-bond acceptors (Lipinski definition) is 6. The zero-order valence-electron chi connectivity index (χ0n) is 15.6. The van der Waals surface area contributed by atoms with Gasteiger partial charge in [0.25, 0.3) is 5.56 Å². The average Bonchev–Trinajstić information content (AvgIpc) is 2.72. The number of amides is 1. The van der Waals surface area contributed by atoms with Crippen LogP contribution < -0.4 is 15.6 Å². The summed E-state index contributed by atoms with van der Waals surface area (Å²) < 4.78 is 10.1. The molecule has 2 aromatic carbocycles. The number of nitrogens with one attached hydrogen (secondary N) is 2. The Bertz CT molecular complexity index is 1130. The van der Waals surface area contributed by atoms with Crippen LogP contribution >= 0.6 is 23.2 Å². The van der Waals surface area contributed by atoms with Crippen molar-refractivity contribution < 1.29 is 19.1 Å². The van der Waals surface area contributed by atoms with Gasteiger partial charge >= 0.3 is 5.97 Å². The van der Waals surface area contributed by atoms with E-state index in [1.807, 2.05) is 6.07 Å². The number of aromatic nitrogens is 2. The molecule has 0 saturated carbocycles. The first kappa shape index (κ1) is 21.4. The molecule has 10 heteroatoms. The molecule has 2 N–H and O–H groups in total. The summed E-state index contributed by atoms with van der Waals surface area (Å²) in [4.78, 5) is 35.1. The third kappa shape index (κ3) is 5.16. The number of carbonyl (C=O) groups excluding carboxylic acids is 2. The first-order valence-electron chi connectivity index (χ1n) is 8.56. The monoisotopic (exact) mass is 447 g/mol. The zero-order valence-corrected chi connectivity index (χ0v) is 17.1. The summed E-state index contributed by atoms with van der Waals surface area (Å²) in [6.45, 7) is 0. The lowest BCUT2D eigenvalue weighted by Gasteiger charge is -2.12. The van der Waals surface area contributed by atoms with Crippen molar-refractivity contribution in [3.8, 4) is 22.8 Å². The molecule has 0 aliphatic rings. The Kier molecular flexibility index (Phi) is 6.71. The van der Waals surface area contributed by atoms with Gasteiger partial charge in [-0.2, -0.15) is 0 Å². The van der Waals surface area contributed by atoms with Gasteiger partial charge in [0.15, 0.2) is 5.75 Å². The number of aromatic amines is 1. The van der Waals surface area contributed by atoms with Gasteiger partial charge in [0.05, 0.1) is 22.7 Å². The number of methoxy groups -OCH3 is 1. The number of esters is 1. The molecule has 8 nitrogen and oxygen atoms in total. The maximum Gasteiger partial charge on any atom is 0.315 e. The molecule has 0 spiro atoms. The van der Waals surface area contributed by atoms with Crippen LogP contribution in [0.3, 0.4) is 0 Å². The first-order valence-corrected chi connectivity index (χ1v) is 9.31. The number of hydrogen-bond donors (Lipinski definition) is 2. The fourth-order valence-electron chi connectivity index (χ4n) is 2.51. The molecule has 1 heterocycles. The molecule has 3 aromatic rings. The Morgan fingerprint density at radius 2 is 1.77 bits per heavy atom. The van der Waals surface area contributed by atoms with Crippen LogP contribution in [0.2, 0.25) is 10.0 Å². The SMILES string of the molecule is COC(=O)CC(=O)Nc1cc(Cl)c(Oc2cc(-c3ccccc3)c(=O)[nH]n2)c(Cl)c1. The fraction of sp³-hybridized carbons (Fsp3) is 0.100. The predicted molar refractivity (Wildman–Crippen MR) is 112 cm³/mol. The van der Waals surface area contributed by atoms with Gasteiger partial charge < -0.3 is 14.8 Å². The Hall–Kier alpha value is -3.36. The van der Waals surface area contributed by atoms with E-state index in [9.17, 15) is 14.4 Å². The standard InChI is InChI=1S/C20H15Cl2N3O5/c1-29-18(27)10-16(26)23-12-7-14(21)19(15(22)8-12)30-17-9-13(20(28)25-24-17)11-5-3-2-4-6-11/h2-9H,10H2,1H3,(H,23,26)(H,25,28). The van der Waals surface area contributed by atoms with E-state index in [0.717, 1.165) is 0 Å². The number of ether oxygens (including phenoxy) is 2. The van der Waals surface area contributed by atoms with E-state index in [2.05, 4.69) is 20.3 Å². The maximum atomic E-state index is 12.1. The zero-order chi connectivity index (χ0) is 21.7. The highest BCUT2D eigenvalue weighted by molar-refractivity contribution is 6.37. The van der Waals surface area contributed by atoms with Gasteiger partial charge in [-0.1, -0.05) is 53.5 Å². The van der Waals surface area contributed by atoms with E-state index < -0.39 is 18.3 Å². The molecule has 0 aliphatic carbocycles. The Labute approximate surface area is 180 Å². The lowest BCUT2D eigenvalue weighted by molar-refractivity contribution is -0.142.